The quantitative estimate of drug-likeness (QED) is 0.414. The molecule has 0 unspecified atom stereocenters. The number of rotatable bonds is 4. The van der Waals surface area contributed by atoms with Crippen molar-refractivity contribution in [2.45, 2.75) is 20.4 Å². The number of nitro groups is 1. The molecule has 0 aliphatic carbocycles. The highest BCUT2D eigenvalue weighted by molar-refractivity contribution is 5.97. The molecule has 0 saturated carbocycles. The molecule has 0 radical (unpaired) electrons. The number of nitro benzene ring substituents is 1. The molecule has 0 aliphatic heterocycles. The molecule has 7 heteroatoms. The highest BCUT2D eigenvalue weighted by atomic mass is 16.6. The third kappa shape index (κ3) is 3.16. The minimum Gasteiger partial charge on any atom is -0.292 e. The lowest BCUT2D eigenvalue weighted by atomic mass is 10.0. The molecule has 0 fully saturated rings. The molecule has 3 aromatic rings. The maximum absolute atomic E-state index is 12.6. The van der Waals surface area contributed by atoms with Crippen LogP contribution in [0.5, 0.6) is 0 Å². The second-order valence-corrected chi connectivity index (χ2v) is 5.88. The summed E-state index contributed by atoms with van der Waals surface area (Å²) in [5.74, 6) is -0.213. The molecule has 7 nitrogen and oxygen atoms in total. The molecular weight excluding hydrogens is 322 g/mol. The topological polar surface area (TPSA) is 95.1 Å². The van der Waals surface area contributed by atoms with Crippen molar-refractivity contribution in [2.75, 3.05) is 0 Å². The van der Waals surface area contributed by atoms with E-state index in [1.54, 1.807) is 6.07 Å². The number of ketones is 1. The SMILES string of the molecule is Cc1ccc(C)c(C(=O)Cn2cnc3ccc([N+](=O)[O-])cc3c2=O)c1. The van der Waals surface area contributed by atoms with E-state index in [1.807, 2.05) is 26.0 Å². The fourth-order valence-electron chi connectivity index (χ4n) is 2.65. The van der Waals surface area contributed by atoms with E-state index in [0.717, 1.165) is 11.1 Å². The van der Waals surface area contributed by atoms with Crippen LogP contribution in [-0.4, -0.2) is 20.3 Å². The van der Waals surface area contributed by atoms with Crippen LogP contribution in [0.3, 0.4) is 0 Å². The number of non-ortho nitro benzene ring substituents is 1. The molecule has 1 heterocycles. The van der Waals surface area contributed by atoms with Crippen molar-refractivity contribution in [1.29, 1.82) is 0 Å². The van der Waals surface area contributed by atoms with Crippen molar-refractivity contribution in [2.24, 2.45) is 0 Å². The van der Waals surface area contributed by atoms with Crippen LogP contribution in [0.25, 0.3) is 10.9 Å². The number of carbonyl (C=O) groups is 1. The van der Waals surface area contributed by atoms with Crippen molar-refractivity contribution < 1.29 is 9.72 Å². The predicted molar refractivity (Wildman–Crippen MR) is 92.9 cm³/mol. The number of benzene rings is 2. The maximum atomic E-state index is 12.6. The van der Waals surface area contributed by atoms with Crippen LogP contribution in [0, 0.1) is 24.0 Å². The Morgan fingerprint density at radius 2 is 1.96 bits per heavy atom. The Labute approximate surface area is 142 Å². The zero-order chi connectivity index (χ0) is 18.1. The van der Waals surface area contributed by atoms with Gasteiger partial charge in [-0.05, 0) is 31.5 Å². The Morgan fingerprint density at radius 3 is 2.68 bits per heavy atom. The van der Waals surface area contributed by atoms with Gasteiger partial charge in [0.15, 0.2) is 5.78 Å². The molecule has 0 saturated heterocycles. The van der Waals surface area contributed by atoms with E-state index in [0.29, 0.717) is 11.1 Å². The molecule has 0 bridgehead atoms. The van der Waals surface area contributed by atoms with Crippen molar-refractivity contribution in [1.82, 2.24) is 9.55 Å². The van der Waals surface area contributed by atoms with Crippen LogP contribution in [0.4, 0.5) is 5.69 Å². The third-order valence-electron chi connectivity index (χ3n) is 4.03. The van der Waals surface area contributed by atoms with Gasteiger partial charge in [-0.2, -0.15) is 0 Å². The summed E-state index contributed by atoms with van der Waals surface area (Å²) in [5, 5.41) is 11.0. The van der Waals surface area contributed by atoms with Gasteiger partial charge in [-0.3, -0.25) is 24.3 Å². The normalized spacial score (nSPS) is 10.8. The first kappa shape index (κ1) is 16.5. The van der Waals surface area contributed by atoms with Crippen LogP contribution in [0.15, 0.2) is 47.5 Å². The van der Waals surface area contributed by atoms with Crippen LogP contribution in [0.2, 0.25) is 0 Å². The molecule has 3 rings (SSSR count). The summed E-state index contributed by atoms with van der Waals surface area (Å²) in [7, 11) is 0. The lowest BCUT2D eigenvalue weighted by Crippen LogP contribution is -2.25. The molecule has 1 aromatic heterocycles. The number of hydrogen-bond donors (Lipinski definition) is 0. The highest BCUT2D eigenvalue weighted by Crippen LogP contribution is 2.17. The summed E-state index contributed by atoms with van der Waals surface area (Å²) in [4.78, 5) is 39.6. The minimum atomic E-state index is -0.572. The third-order valence-corrected chi connectivity index (χ3v) is 4.03. The van der Waals surface area contributed by atoms with E-state index in [2.05, 4.69) is 4.98 Å². The van der Waals surface area contributed by atoms with Gasteiger partial charge in [0.25, 0.3) is 11.2 Å². The smallest absolute Gasteiger partial charge is 0.270 e. The highest BCUT2D eigenvalue weighted by Gasteiger charge is 2.14. The van der Waals surface area contributed by atoms with Gasteiger partial charge < -0.3 is 0 Å². The number of aryl methyl sites for hydroxylation is 2. The van der Waals surface area contributed by atoms with Crippen LogP contribution in [-0.2, 0) is 6.54 Å². The minimum absolute atomic E-state index is 0.116. The van der Waals surface area contributed by atoms with Crippen LogP contribution in [0.1, 0.15) is 21.5 Å². The molecule has 25 heavy (non-hydrogen) atoms. The van der Waals surface area contributed by atoms with Gasteiger partial charge in [-0.1, -0.05) is 17.7 Å². The number of Topliss-reactive ketones (excluding diaryl/α,β-unsaturated/α-hetero) is 1. The molecule has 2 aromatic carbocycles. The lowest BCUT2D eigenvalue weighted by Gasteiger charge is -2.09. The monoisotopic (exact) mass is 337 g/mol. The molecular formula is C18H15N3O4. The standard InChI is InChI=1S/C18H15N3O4/c1-11-3-4-12(2)14(7-11)17(22)9-20-10-19-16-6-5-13(21(24)25)8-15(16)18(20)23/h3-8,10H,9H2,1-2H3. The second kappa shape index (κ2) is 6.27. The van der Waals surface area contributed by atoms with Gasteiger partial charge in [-0.25, -0.2) is 4.98 Å². The average molecular weight is 337 g/mol. The van der Waals surface area contributed by atoms with E-state index < -0.39 is 10.5 Å². The van der Waals surface area contributed by atoms with Gasteiger partial charge in [0.05, 0.1) is 28.7 Å². The Bertz CT molecular complexity index is 1070. The molecule has 0 atom stereocenters. The predicted octanol–water partition coefficient (Wildman–Crippen LogP) is 2.80. The van der Waals surface area contributed by atoms with Gasteiger partial charge >= 0.3 is 0 Å². The number of carbonyl (C=O) groups excluding carboxylic acids is 1. The second-order valence-electron chi connectivity index (χ2n) is 5.88. The van der Waals surface area contributed by atoms with Crippen molar-refractivity contribution in [3.8, 4) is 0 Å². The Hall–Kier alpha value is -3.35. The van der Waals surface area contributed by atoms with E-state index in [-0.39, 0.29) is 23.4 Å². The van der Waals surface area contributed by atoms with E-state index in [9.17, 15) is 19.7 Å². The van der Waals surface area contributed by atoms with Crippen LogP contribution < -0.4 is 5.56 Å². The zero-order valence-corrected chi connectivity index (χ0v) is 13.7. The molecule has 0 amide bonds. The van der Waals surface area contributed by atoms with Gasteiger partial charge in [0.2, 0.25) is 0 Å². The summed E-state index contributed by atoms with van der Waals surface area (Å²) < 4.78 is 1.18. The molecule has 126 valence electrons. The van der Waals surface area contributed by atoms with E-state index in [4.69, 9.17) is 0 Å². The van der Waals surface area contributed by atoms with Gasteiger partial charge in [-0.15, -0.1) is 0 Å². The summed E-state index contributed by atoms with van der Waals surface area (Å²) in [6.45, 7) is 3.55. The lowest BCUT2D eigenvalue weighted by molar-refractivity contribution is -0.384. The van der Waals surface area contributed by atoms with Gasteiger partial charge in [0, 0.05) is 17.7 Å². The maximum Gasteiger partial charge on any atom is 0.270 e. The first-order chi connectivity index (χ1) is 11.9. The summed E-state index contributed by atoms with van der Waals surface area (Å²) in [5.41, 5.74) is 2.01. The summed E-state index contributed by atoms with van der Waals surface area (Å²) >= 11 is 0. The number of aromatic nitrogens is 2. The van der Waals surface area contributed by atoms with E-state index in [1.165, 1.54) is 29.1 Å². The average Bonchev–Trinajstić information content (AvgIpc) is 2.59. The zero-order valence-electron chi connectivity index (χ0n) is 13.7. The van der Waals surface area contributed by atoms with Crippen molar-refractivity contribution in [3.63, 3.8) is 0 Å². The number of fused-ring (bicyclic) bond motifs is 1. The Balaban J connectivity index is 2.03. The van der Waals surface area contributed by atoms with Crippen molar-refractivity contribution in [3.05, 3.63) is 79.9 Å². The first-order valence-corrected chi connectivity index (χ1v) is 7.61. The van der Waals surface area contributed by atoms with Crippen LogP contribution >= 0.6 is 0 Å². The Morgan fingerprint density at radius 1 is 1.20 bits per heavy atom. The van der Waals surface area contributed by atoms with Crippen molar-refractivity contribution >= 4 is 22.4 Å². The molecule has 0 aliphatic rings. The molecule has 0 spiro atoms. The molecule has 0 N–H and O–H groups in total. The fraction of sp³-hybridized carbons (Fsp3) is 0.167. The summed E-state index contributed by atoms with van der Waals surface area (Å²) in [6.07, 6.45) is 1.29. The largest absolute Gasteiger partial charge is 0.292 e. The van der Waals surface area contributed by atoms with E-state index >= 15 is 0 Å². The number of nitrogens with zero attached hydrogens (tertiary/aromatic N) is 3. The fourth-order valence-corrected chi connectivity index (χ4v) is 2.65. The van der Waals surface area contributed by atoms with Gasteiger partial charge in [0.1, 0.15) is 0 Å². The number of hydrogen-bond acceptors (Lipinski definition) is 5. The summed E-state index contributed by atoms with van der Waals surface area (Å²) in [6, 6.07) is 9.44. The Kier molecular flexibility index (Phi) is 4.14. The first-order valence-electron chi connectivity index (χ1n) is 7.61.